The summed E-state index contributed by atoms with van der Waals surface area (Å²) < 4.78 is 0. The Morgan fingerprint density at radius 2 is 0.845 bits per heavy atom. The van der Waals surface area contributed by atoms with E-state index < -0.39 is 0 Å². The predicted molar refractivity (Wildman–Crippen MR) is 248 cm³/mol. The molecule has 0 saturated carbocycles. The highest BCUT2D eigenvalue weighted by atomic mass is 15.2. The highest BCUT2D eigenvalue weighted by Crippen LogP contribution is 2.39. The van der Waals surface area contributed by atoms with Crippen molar-refractivity contribution >= 4 is 72.9 Å². The van der Waals surface area contributed by atoms with Crippen LogP contribution in [0.3, 0.4) is 0 Å². The molecule has 9 aromatic carbocycles. The third kappa shape index (κ3) is 6.92. The maximum absolute atomic E-state index is 2.54. The number of anilines is 5. The average molecular weight is 747 g/mol. The Morgan fingerprint density at radius 1 is 0.414 bits per heavy atom. The zero-order valence-corrected chi connectivity index (χ0v) is 33.0. The van der Waals surface area contributed by atoms with Crippen LogP contribution in [0.2, 0.25) is 0 Å². The summed E-state index contributed by atoms with van der Waals surface area (Å²) in [6.07, 6.45) is 5.84. The second-order valence-corrected chi connectivity index (χ2v) is 16.0. The van der Waals surface area contributed by atoms with E-state index in [0.717, 1.165) is 23.5 Å². The van der Waals surface area contributed by atoms with Gasteiger partial charge in [0, 0.05) is 28.4 Å². The largest absolute Gasteiger partial charge is 0.334 e. The summed E-state index contributed by atoms with van der Waals surface area (Å²) in [5, 5.41) is 10.1. The molecule has 2 heteroatoms. The lowest BCUT2D eigenvalue weighted by molar-refractivity contribution is 0.661. The summed E-state index contributed by atoms with van der Waals surface area (Å²) in [5.41, 5.74) is 8.53. The van der Waals surface area contributed by atoms with Crippen molar-refractivity contribution < 1.29 is 0 Å². The van der Waals surface area contributed by atoms with Crippen molar-refractivity contribution in [3.63, 3.8) is 0 Å². The van der Waals surface area contributed by atoms with Crippen LogP contribution < -0.4 is 20.2 Å². The van der Waals surface area contributed by atoms with Gasteiger partial charge in [0.15, 0.2) is 0 Å². The van der Waals surface area contributed by atoms with Gasteiger partial charge in [-0.05, 0) is 133 Å². The zero-order valence-electron chi connectivity index (χ0n) is 33.0. The van der Waals surface area contributed by atoms with Crippen LogP contribution in [-0.4, -0.2) is 6.04 Å². The SMILES string of the molecule is CC(Cc1ccc(N(c2ccc3ccccc3c2)c2ccc3ccccc3c2)cc1)c1ccc(N(c2ccc3ccccc3c2)C2C=c3ccccc3=CC2C)cc1. The predicted octanol–water partition coefficient (Wildman–Crippen LogP) is 13.4. The molecule has 3 unspecified atom stereocenters. The van der Waals surface area contributed by atoms with Gasteiger partial charge >= 0.3 is 0 Å². The smallest absolute Gasteiger partial charge is 0.0591 e. The maximum Gasteiger partial charge on any atom is 0.0591 e. The van der Waals surface area contributed by atoms with Gasteiger partial charge in [-0.1, -0.05) is 166 Å². The molecule has 0 amide bonds. The fourth-order valence-electron chi connectivity index (χ4n) is 8.96. The standard InChI is InChI=1S/C56H46N2/c1-39(33-41-19-26-51(27-20-41)57(53-30-23-43-11-3-6-15-47(43)35-53)54-31-24-44-12-4-7-16-48(44)36-54)42-21-28-52(29-22-42)58(55-32-25-45-13-5-8-17-49(45)37-55)56-38-50-18-10-9-14-46(50)34-40(56)2/h3-32,34-40,56H,33H2,1-2H3. The van der Waals surface area contributed by atoms with E-state index in [9.17, 15) is 0 Å². The number of nitrogens with zero attached hydrogens (tertiary/aromatic N) is 2. The highest BCUT2D eigenvalue weighted by molar-refractivity contribution is 5.92. The Morgan fingerprint density at radius 3 is 1.40 bits per heavy atom. The summed E-state index contributed by atoms with van der Waals surface area (Å²) in [4.78, 5) is 4.92. The van der Waals surface area contributed by atoms with Gasteiger partial charge < -0.3 is 9.80 Å². The van der Waals surface area contributed by atoms with Crippen molar-refractivity contribution in [2.45, 2.75) is 32.2 Å². The van der Waals surface area contributed by atoms with Crippen LogP contribution in [0.25, 0.3) is 44.5 Å². The quantitative estimate of drug-likeness (QED) is 0.145. The van der Waals surface area contributed by atoms with Crippen LogP contribution in [0.5, 0.6) is 0 Å². The lowest BCUT2D eigenvalue weighted by Crippen LogP contribution is -2.42. The molecule has 0 fully saturated rings. The van der Waals surface area contributed by atoms with Crippen LogP contribution in [0.15, 0.2) is 200 Å². The molecule has 0 spiro atoms. The first-order valence-electron chi connectivity index (χ1n) is 20.6. The van der Waals surface area contributed by atoms with Crippen LogP contribution in [-0.2, 0) is 6.42 Å². The number of hydrogen-bond donors (Lipinski definition) is 0. The van der Waals surface area contributed by atoms with Crippen molar-refractivity contribution in [1.82, 2.24) is 0 Å². The Hall–Kier alpha value is -6.90. The Kier molecular flexibility index (Phi) is 9.31. The number of hydrogen-bond acceptors (Lipinski definition) is 2. The molecule has 0 aliphatic heterocycles. The van der Waals surface area contributed by atoms with Gasteiger partial charge in [-0.25, -0.2) is 0 Å². The lowest BCUT2D eigenvalue weighted by Gasteiger charge is -2.36. The van der Waals surface area contributed by atoms with Gasteiger partial charge in [-0.15, -0.1) is 0 Å². The normalized spacial score (nSPS) is 15.3. The topological polar surface area (TPSA) is 6.48 Å². The molecule has 0 bridgehead atoms. The summed E-state index contributed by atoms with van der Waals surface area (Å²) in [6.45, 7) is 4.69. The Balaban J connectivity index is 0.938. The van der Waals surface area contributed by atoms with Gasteiger partial charge in [0.2, 0.25) is 0 Å². The lowest BCUT2D eigenvalue weighted by atomic mass is 9.90. The van der Waals surface area contributed by atoms with E-state index in [4.69, 9.17) is 0 Å². The second kappa shape index (κ2) is 15.2. The van der Waals surface area contributed by atoms with Gasteiger partial charge in [0.25, 0.3) is 0 Å². The van der Waals surface area contributed by atoms with Gasteiger partial charge in [-0.3, -0.25) is 0 Å². The van der Waals surface area contributed by atoms with Crippen molar-refractivity contribution in [3.05, 3.63) is 222 Å². The van der Waals surface area contributed by atoms with E-state index >= 15 is 0 Å². The molecule has 1 aliphatic carbocycles. The fourth-order valence-corrected chi connectivity index (χ4v) is 8.96. The molecule has 1 aliphatic rings. The number of fused-ring (bicyclic) bond motifs is 4. The Bertz CT molecular complexity index is 2960. The van der Waals surface area contributed by atoms with Crippen LogP contribution in [0.4, 0.5) is 28.4 Å². The van der Waals surface area contributed by atoms with E-state index in [-0.39, 0.29) is 6.04 Å². The average Bonchev–Trinajstić information content (AvgIpc) is 3.27. The monoisotopic (exact) mass is 746 g/mol. The molecular formula is C56H46N2. The van der Waals surface area contributed by atoms with Gasteiger partial charge in [0.1, 0.15) is 0 Å². The summed E-state index contributed by atoms with van der Waals surface area (Å²) >= 11 is 0. The first-order valence-corrected chi connectivity index (χ1v) is 20.6. The fraction of sp³-hybridized carbons (Fsp3) is 0.107. The van der Waals surface area contributed by atoms with Crippen molar-refractivity contribution in [1.29, 1.82) is 0 Å². The van der Waals surface area contributed by atoms with Crippen molar-refractivity contribution in [3.8, 4) is 0 Å². The molecule has 9 aromatic rings. The molecular weight excluding hydrogens is 701 g/mol. The minimum atomic E-state index is 0.182. The molecule has 0 radical (unpaired) electrons. The molecule has 3 atom stereocenters. The minimum absolute atomic E-state index is 0.182. The van der Waals surface area contributed by atoms with E-state index in [1.54, 1.807) is 0 Å². The Labute approximate surface area is 341 Å². The van der Waals surface area contributed by atoms with E-state index in [1.165, 1.54) is 65.3 Å². The molecule has 0 N–H and O–H groups in total. The van der Waals surface area contributed by atoms with Gasteiger partial charge in [-0.2, -0.15) is 0 Å². The van der Waals surface area contributed by atoms with E-state index in [0.29, 0.717) is 11.8 Å². The van der Waals surface area contributed by atoms with Gasteiger partial charge in [0.05, 0.1) is 6.04 Å². The van der Waals surface area contributed by atoms with E-state index in [1.807, 2.05) is 0 Å². The summed E-state index contributed by atoms with van der Waals surface area (Å²) in [5.74, 6) is 0.688. The second-order valence-electron chi connectivity index (χ2n) is 16.0. The third-order valence-corrected chi connectivity index (χ3v) is 12.1. The number of benzene rings is 9. The molecule has 280 valence electrons. The molecule has 0 saturated heterocycles. The summed E-state index contributed by atoms with van der Waals surface area (Å²) in [7, 11) is 0. The summed E-state index contributed by atoms with van der Waals surface area (Å²) in [6, 6.07) is 73.7. The molecule has 2 nitrogen and oxygen atoms in total. The molecule has 58 heavy (non-hydrogen) atoms. The molecule has 0 heterocycles. The van der Waals surface area contributed by atoms with Crippen molar-refractivity contribution in [2.24, 2.45) is 5.92 Å². The van der Waals surface area contributed by atoms with Crippen molar-refractivity contribution in [2.75, 3.05) is 9.80 Å². The van der Waals surface area contributed by atoms with Crippen LogP contribution >= 0.6 is 0 Å². The maximum atomic E-state index is 2.54. The first kappa shape index (κ1) is 35.5. The van der Waals surface area contributed by atoms with E-state index in [2.05, 4.69) is 236 Å². The highest BCUT2D eigenvalue weighted by Gasteiger charge is 2.26. The third-order valence-electron chi connectivity index (χ3n) is 12.1. The molecule has 10 rings (SSSR count). The molecule has 0 aromatic heterocycles. The minimum Gasteiger partial charge on any atom is -0.334 e. The number of rotatable bonds is 9. The van der Waals surface area contributed by atoms with Crippen LogP contribution in [0, 0.1) is 5.92 Å². The van der Waals surface area contributed by atoms with Crippen LogP contribution in [0.1, 0.15) is 30.9 Å². The zero-order chi connectivity index (χ0) is 39.0. The first-order chi connectivity index (χ1) is 28.5.